The molecule has 60 heavy (non-hydrogen) atoms. The number of methoxy groups -OCH3 is 4. The molecule has 0 fully saturated rings. The van der Waals surface area contributed by atoms with E-state index in [0.29, 0.717) is 23.0 Å². The normalized spacial score (nSPS) is 13.2. The Hall–Kier alpha value is -3.07. The van der Waals surface area contributed by atoms with Crippen molar-refractivity contribution in [3.63, 3.8) is 0 Å². The zero-order valence-corrected chi connectivity index (χ0v) is 42.8. The maximum atomic E-state index is 10.9. The fraction of sp³-hybridized carbons (Fsp3) is 0.462. The second kappa shape index (κ2) is 40.0. The average molecular weight is 974 g/mol. The summed E-state index contributed by atoms with van der Waals surface area (Å²) in [6, 6.07) is 8.93. The number of benzene rings is 2. The van der Waals surface area contributed by atoms with Crippen LogP contribution in [0.25, 0.3) is 0 Å². The van der Waals surface area contributed by atoms with Crippen molar-refractivity contribution in [1.82, 2.24) is 0 Å². The monoisotopic (exact) mass is 970 g/mol. The van der Waals surface area contributed by atoms with E-state index in [9.17, 15) is 10.2 Å². The quantitative estimate of drug-likeness (QED) is 0.156. The van der Waals surface area contributed by atoms with Crippen LogP contribution in [0.5, 0.6) is 34.5 Å². The molecule has 0 amide bonds. The molecule has 6 nitrogen and oxygen atoms in total. The van der Waals surface area contributed by atoms with E-state index < -0.39 is 0 Å². The molecule has 0 aromatic heterocycles. The minimum atomic E-state index is -0.110. The second-order valence-corrected chi connectivity index (χ2v) is 13.7. The summed E-state index contributed by atoms with van der Waals surface area (Å²) in [4.78, 5) is 0. The van der Waals surface area contributed by atoms with Gasteiger partial charge in [-0.3, -0.25) is 24.3 Å². The molecule has 0 radical (unpaired) electrons. The number of hydrogen-bond acceptors (Lipinski definition) is 6. The van der Waals surface area contributed by atoms with Crippen LogP contribution >= 0.6 is 0 Å². The summed E-state index contributed by atoms with van der Waals surface area (Å²) in [6.07, 6.45) is 50.1. The SMILES string of the molecule is CCCCC1=[C-]CC=C1.CCCCC1=[C-]CC=C1.CCCCC1=[C-]CC=C1.CCCCC1=[C-]CC=C1.COc1cc([O-])cc(OC)c1.COc1cc([O-])cc(OC)c1.[Zr+2].[Zr+2]. The number of allylic oxidation sites excluding steroid dienone is 16. The molecular formula is C52H70O6Zr2-2. The standard InChI is InChI=1S/4C9H13.2C8H10O3.2Zr/c4*1-2-3-6-9-7-4-5-8-9;2*1-10-7-3-6(9)4-8(5-7)11-2;;/h4*4,7H,2-3,5-6H2,1H3;2*3-5,9H,1-2H3;;/q4*-1;;;2*+2/p-2. The first kappa shape index (κ1) is 59.0. The first-order valence-electron chi connectivity index (χ1n) is 21.1. The molecule has 0 bridgehead atoms. The van der Waals surface area contributed by atoms with Crippen LogP contribution in [0.15, 0.2) is 107 Å². The van der Waals surface area contributed by atoms with Crippen molar-refractivity contribution >= 4 is 0 Å². The van der Waals surface area contributed by atoms with Crippen LogP contribution in [-0.4, -0.2) is 28.4 Å². The summed E-state index contributed by atoms with van der Waals surface area (Å²) in [6.45, 7) is 8.89. The molecule has 4 aliphatic rings. The van der Waals surface area contributed by atoms with E-state index in [1.165, 1.54) is 152 Å². The maximum absolute atomic E-state index is 10.9. The molecule has 0 N–H and O–H groups in total. The molecule has 0 saturated heterocycles. The minimum Gasteiger partial charge on any atom is -0.872 e. The first-order chi connectivity index (χ1) is 28.2. The van der Waals surface area contributed by atoms with Crippen LogP contribution < -0.4 is 29.2 Å². The van der Waals surface area contributed by atoms with Gasteiger partial charge in [0.15, 0.2) is 0 Å². The van der Waals surface area contributed by atoms with Gasteiger partial charge >= 0.3 is 52.4 Å². The van der Waals surface area contributed by atoms with E-state index in [4.69, 9.17) is 18.9 Å². The summed E-state index contributed by atoms with van der Waals surface area (Å²) in [5, 5.41) is 21.7. The van der Waals surface area contributed by atoms with Crippen molar-refractivity contribution < 1.29 is 81.6 Å². The zero-order valence-electron chi connectivity index (χ0n) is 37.8. The van der Waals surface area contributed by atoms with Gasteiger partial charge in [0, 0.05) is 12.1 Å². The van der Waals surface area contributed by atoms with Crippen LogP contribution in [0.2, 0.25) is 0 Å². The van der Waals surface area contributed by atoms with Gasteiger partial charge in [-0.25, -0.2) is 46.6 Å². The van der Waals surface area contributed by atoms with Gasteiger partial charge in [-0.2, -0.15) is 24.3 Å². The minimum absolute atomic E-state index is 0. The van der Waals surface area contributed by atoms with Crippen LogP contribution in [-0.2, 0) is 52.4 Å². The Morgan fingerprint density at radius 1 is 0.400 bits per heavy atom. The van der Waals surface area contributed by atoms with Gasteiger partial charge < -0.3 is 29.2 Å². The number of hydrogen-bond donors (Lipinski definition) is 0. The van der Waals surface area contributed by atoms with Crippen molar-refractivity contribution in [3.8, 4) is 34.5 Å². The first-order valence-corrected chi connectivity index (χ1v) is 21.1. The topological polar surface area (TPSA) is 83.0 Å². The van der Waals surface area contributed by atoms with Crippen LogP contribution in [0, 0.1) is 24.3 Å². The van der Waals surface area contributed by atoms with Gasteiger partial charge in [-0.15, -0.1) is 37.2 Å². The van der Waals surface area contributed by atoms with Gasteiger partial charge in [0.25, 0.3) is 0 Å². The van der Waals surface area contributed by atoms with E-state index in [0.717, 1.165) is 25.7 Å². The molecule has 0 atom stereocenters. The van der Waals surface area contributed by atoms with Crippen molar-refractivity contribution in [2.24, 2.45) is 0 Å². The maximum Gasteiger partial charge on any atom is 2.00 e. The van der Waals surface area contributed by atoms with Crippen molar-refractivity contribution in [1.29, 1.82) is 0 Å². The van der Waals surface area contributed by atoms with Crippen molar-refractivity contribution in [2.45, 2.75) is 130 Å². The van der Waals surface area contributed by atoms with Crippen molar-refractivity contribution in [2.75, 3.05) is 28.4 Å². The Bertz CT molecular complexity index is 1410. The molecule has 0 aliphatic heterocycles. The van der Waals surface area contributed by atoms with Crippen LogP contribution in [0.4, 0.5) is 0 Å². The van der Waals surface area contributed by atoms with Gasteiger partial charge in [0.2, 0.25) is 0 Å². The van der Waals surface area contributed by atoms with Gasteiger partial charge in [0.05, 0.1) is 28.4 Å². The second-order valence-electron chi connectivity index (χ2n) is 13.7. The average Bonchev–Trinajstić information content (AvgIpc) is 4.11. The molecule has 2 aromatic carbocycles. The van der Waals surface area contributed by atoms with Crippen LogP contribution in [0.1, 0.15) is 130 Å². The fourth-order valence-electron chi connectivity index (χ4n) is 5.52. The molecule has 0 heterocycles. The summed E-state index contributed by atoms with van der Waals surface area (Å²) in [5.74, 6) is 1.87. The number of rotatable bonds is 16. The van der Waals surface area contributed by atoms with E-state index in [2.05, 4.69) is 101 Å². The molecule has 0 saturated carbocycles. The molecule has 2 aromatic rings. The van der Waals surface area contributed by atoms with E-state index >= 15 is 0 Å². The number of ether oxygens (including phenoxy) is 4. The molecule has 6 rings (SSSR count). The molecular weight excluding hydrogens is 903 g/mol. The Kier molecular flexibility index (Phi) is 39.4. The molecule has 0 unspecified atom stereocenters. The van der Waals surface area contributed by atoms with Gasteiger partial charge in [0.1, 0.15) is 23.0 Å². The van der Waals surface area contributed by atoms with Gasteiger partial charge in [-0.1, -0.05) is 105 Å². The summed E-state index contributed by atoms with van der Waals surface area (Å²) < 4.78 is 19.4. The Morgan fingerprint density at radius 3 is 0.767 bits per heavy atom. The van der Waals surface area contributed by atoms with Crippen molar-refractivity contribution in [3.05, 3.63) is 132 Å². The number of unbranched alkanes of at least 4 members (excludes halogenated alkanes) is 4. The van der Waals surface area contributed by atoms with Crippen LogP contribution in [0.3, 0.4) is 0 Å². The zero-order chi connectivity index (χ0) is 42.6. The summed E-state index contributed by atoms with van der Waals surface area (Å²) in [7, 11) is 6.03. The Balaban J connectivity index is 0. The largest absolute Gasteiger partial charge is 2.00 e. The Morgan fingerprint density at radius 2 is 0.617 bits per heavy atom. The molecule has 324 valence electrons. The van der Waals surface area contributed by atoms with E-state index in [1.807, 2.05) is 0 Å². The Labute approximate surface area is 403 Å². The predicted octanol–water partition coefficient (Wildman–Crippen LogP) is 13.0. The third kappa shape index (κ3) is 30.0. The third-order valence-corrected chi connectivity index (χ3v) is 8.91. The van der Waals surface area contributed by atoms with E-state index in [1.54, 1.807) is 12.1 Å². The third-order valence-electron chi connectivity index (χ3n) is 8.91. The molecule has 0 spiro atoms. The fourth-order valence-corrected chi connectivity index (χ4v) is 5.52. The predicted molar refractivity (Wildman–Crippen MR) is 238 cm³/mol. The van der Waals surface area contributed by atoms with E-state index in [-0.39, 0.29) is 63.9 Å². The van der Waals surface area contributed by atoms with Gasteiger partial charge in [-0.05, 0) is 24.3 Å². The summed E-state index contributed by atoms with van der Waals surface area (Å²) in [5.41, 5.74) is 5.66. The summed E-state index contributed by atoms with van der Waals surface area (Å²) >= 11 is 0. The molecule has 4 aliphatic carbocycles. The smallest absolute Gasteiger partial charge is 0.872 e. The molecule has 8 heteroatoms.